The molecular weight excluding hydrogens is 364 g/mol. The highest BCUT2D eigenvalue weighted by molar-refractivity contribution is 7.99. The van der Waals surface area contributed by atoms with Gasteiger partial charge in [-0.2, -0.15) is 11.8 Å². The first kappa shape index (κ1) is 19.7. The summed E-state index contributed by atoms with van der Waals surface area (Å²) in [6, 6.07) is 7.42. The molecule has 2 fully saturated rings. The van der Waals surface area contributed by atoms with E-state index in [2.05, 4.69) is 5.32 Å². The predicted molar refractivity (Wildman–Crippen MR) is 105 cm³/mol. The van der Waals surface area contributed by atoms with Gasteiger partial charge in [0, 0.05) is 18.7 Å². The summed E-state index contributed by atoms with van der Waals surface area (Å²) in [6.45, 7) is 2.93. The molecule has 0 aromatic heterocycles. The Morgan fingerprint density at radius 1 is 1.19 bits per heavy atom. The topological polar surface area (TPSA) is 86.7 Å². The molecule has 3 rings (SSSR count). The minimum Gasteiger partial charge on any atom is -0.480 e. The van der Waals surface area contributed by atoms with Gasteiger partial charge >= 0.3 is 5.97 Å². The highest BCUT2D eigenvalue weighted by Gasteiger charge is 2.43. The maximum atomic E-state index is 12.8. The number of nitrogens with one attached hydrogen (secondary N) is 1. The summed E-state index contributed by atoms with van der Waals surface area (Å²) in [5.41, 5.74) is 0.547. The Morgan fingerprint density at radius 2 is 1.85 bits per heavy atom. The van der Waals surface area contributed by atoms with Crippen LogP contribution in [-0.4, -0.2) is 57.9 Å². The number of hydrogen-bond acceptors (Lipinski definition) is 4. The fraction of sp³-hybridized carbons (Fsp3) is 0.550. The van der Waals surface area contributed by atoms with E-state index in [9.17, 15) is 19.5 Å². The molecule has 2 aliphatic rings. The average Bonchev–Trinajstić information content (AvgIpc) is 2.68. The molecule has 2 saturated heterocycles. The highest BCUT2D eigenvalue weighted by atomic mass is 32.2. The number of aryl methyl sites for hydroxylation is 1. The minimum absolute atomic E-state index is 0.0745. The summed E-state index contributed by atoms with van der Waals surface area (Å²) in [4.78, 5) is 39.0. The molecule has 1 atom stereocenters. The zero-order valence-electron chi connectivity index (χ0n) is 15.6. The first-order valence-corrected chi connectivity index (χ1v) is 10.6. The van der Waals surface area contributed by atoms with Crippen molar-refractivity contribution in [2.75, 3.05) is 24.6 Å². The molecule has 0 bridgehead atoms. The molecule has 1 aromatic carbocycles. The molecule has 1 unspecified atom stereocenters. The number of carbonyl (C=O) groups is 3. The van der Waals surface area contributed by atoms with E-state index >= 15 is 0 Å². The normalized spacial score (nSPS) is 22.1. The van der Waals surface area contributed by atoms with Crippen LogP contribution in [0.2, 0.25) is 0 Å². The largest absolute Gasteiger partial charge is 0.480 e. The van der Waals surface area contributed by atoms with Gasteiger partial charge in [0.25, 0.3) is 5.91 Å². The van der Waals surface area contributed by atoms with Crippen molar-refractivity contribution in [3.05, 3.63) is 35.4 Å². The van der Waals surface area contributed by atoms with Crippen LogP contribution >= 0.6 is 11.8 Å². The number of aliphatic carboxylic acids is 1. The van der Waals surface area contributed by atoms with Crippen molar-refractivity contribution in [1.82, 2.24) is 10.2 Å². The van der Waals surface area contributed by atoms with Gasteiger partial charge in [-0.05, 0) is 56.2 Å². The van der Waals surface area contributed by atoms with E-state index in [4.69, 9.17) is 0 Å². The van der Waals surface area contributed by atoms with Gasteiger partial charge in [0.15, 0.2) is 0 Å². The minimum atomic E-state index is -1.16. The third-order valence-corrected chi connectivity index (χ3v) is 6.48. The molecule has 1 aromatic rings. The summed E-state index contributed by atoms with van der Waals surface area (Å²) in [5, 5.41) is 12.5. The molecule has 2 amide bonds. The fourth-order valence-electron chi connectivity index (χ4n) is 3.70. The van der Waals surface area contributed by atoms with Crippen LogP contribution in [0, 0.1) is 12.8 Å². The lowest BCUT2D eigenvalue weighted by Gasteiger charge is -2.37. The van der Waals surface area contributed by atoms with Gasteiger partial charge in [-0.15, -0.1) is 0 Å². The van der Waals surface area contributed by atoms with Crippen molar-refractivity contribution in [2.45, 2.75) is 38.1 Å². The number of amides is 2. The number of carbonyl (C=O) groups excluding carboxylic acids is 2. The second-order valence-electron chi connectivity index (χ2n) is 7.45. The lowest BCUT2D eigenvalue weighted by molar-refractivity contribution is -0.149. The lowest BCUT2D eigenvalue weighted by atomic mass is 9.89. The van der Waals surface area contributed by atoms with Crippen LogP contribution in [0.1, 0.15) is 41.6 Å². The second-order valence-corrected chi connectivity index (χ2v) is 8.67. The van der Waals surface area contributed by atoms with E-state index in [1.165, 1.54) is 0 Å². The summed E-state index contributed by atoms with van der Waals surface area (Å²) in [6.07, 6.45) is 2.30. The van der Waals surface area contributed by atoms with Crippen LogP contribution < -0.4 is 5.32 Å². The third-order valence-electron chi connectivity index (χ3n) is 5.50. The molecule has 0 saturated carbocycles. The van der Waals surface area contributed by atoms with Crippen LogP contribution in [-0.2, 0) is 9.59 Å². The van der Waals surface area contributed by atoms with Crippen molar-refractivity contribution >= 4 is 29.5 Å². The van der Waals surface area contributed by atoms with Gasteiger partial charge < -0.3 is 15.3 Å². The quantitative estimate of drug-likeness (QED) is 0.824. The molecule has 2 aliphatic heterocycles. The van der Waals surface area contributed by atoms with Crippen molar-refractivity contribution in [2.24, 2.45) is 5.92 Å². The highest BCUT2D eigenvalue weighted by Crippen LogP contribution is 2.29. The Kier molecular flexibility index (Phi) is 6.09. The van der Waals surface area contributed by atoms with E-state index in [0.29, 0.717) is 37.9 Å². The van der Waals surface area contributed by atoms with Gasteiger partial charge in [0.1, 0.15) is 5.54 Å². The molecule has 6 nitrogen and oxygen atoms in total. The molecule has 27 heavy (non-hydrogen) atoms. The van der Waals surface area contributed by atoms with Crippen molar-refractivity contribution < 1.29 is 19.5 Å². The van der Waals surface area contributed by atoms with Gasteiger partial charge in [0.2, 0.25) is 5.91 Å². The number of rotatable bonds is 4. The summed E-state index contributed by atoms with van der Waals surface area (Å²) in [5.74, 6) is -0.177. The SMILES string of the molecule is Cc1ccc(C(=O)N2CCCC(C(=O)NC3(C(=O)O)CCSCC3)C2)cc1. The van der Waals surface area contributed by atoms with Crippen molar-refractivity contribution in [3.8, 4) is 0 Å². The average molecular weight is 391 g/mol. The summed E-state index contributed by atoms with van der Waals surface area (Å²) < 4.78 is 0. The first-order chi connectivity index (χ1) is 12.9. The van der Waals surface area contributed by atoms with Gasteiger partial charge in [-0.3, -0.25) is 9.59 Å². The monoisotopic (exact) mass is 390 g/mol. The van der Waals surface area contributed by atoms with Gasteiger partial charge in [-0.25, -0.2) is 4.79 Å². The van der Waals surface area contributed by atoms with Crippen LogP contribution in [0.3, 0.4) is 0 Å². The van der Waals surface area contributed by atoms with E-state index in [-0.39, 0.29) is 17.7 Å². The first-order valence-electron chi connectivity index (χ1n) is 9.40. The molecule has 2 N–H and O–H groups in total. The smallest absolute Gasteiger partial charge is 0.329 e. The zero-order valence-corrected chi connectivity index (χ0v) is 16.4. The Labute approximate surface area is 163 Å². The van der Waals surface area contributed by atoms with E-state index in [1.807, 2.05) is 19.1 Å². The predicted octanol–water partition coefficient (Wildman–Crippen LogP) is 2.31. The molecule has 7 heteroatoms. The summed E-state index contributed by atoms with van der Waals surface area (Å²) >= 11 is 1.71. The van der Waals surface area contributed by atoms with Crippen molar-refractivity contribution in [1.29, 1.82) is 0 Å². The van der Waals surface area contributed by atoms with Gasteiger partial charge in [0.05, 0.1) is 5.92 Å². The van der Waals surface area contributed by atoms with E-state index in [1.54, 1.807) is 28.8 Å². The summed E-state index contributed by atoms with van der Waals surface area (Å²) in [7, 11) is 0. The molecule has 146 valence electrons. The number of hydrogen-bond donors (Lipinski definition) is 2. The van der Waals surface area contributed by atoms with Crippen LogP contribution in [0.25, 0.3) is 0 Å². The number of likely N-dealkylation sites (tertiary alicyclic amines) is 1. The van der Waals surface area contributed by atoms with E-state index in [0.717, 1.165) is 23.5 Å². The Morgan fingerprint density at radius 3 is 2.48 bits per heavy atom. The molecule has 0 aliphatic carbocycles. The Bertz CT molecular complexity index is 713. The number of piperidine rings is 1. The fourth-order valence-corrected chi connectivity index (χ4v) is 4.89. The van der Waals surface area contributed by atoms with Crippen molar-refractivity contribution in [3.63, 3.8) is 0 Å². The second kappa shape index (κ2) is 8.33. The number of carboxylic acid groups (broad SMARTS) is 1. The Balaban J connectivity index is 1.66. The van der Waals surface area contributed by atoms with Crippen LogP contribution in [0.4, 0.5) is 0 Å². The number of thioether (sulfide) groups is 1. The van der Waals surface area contributed by atoms with Crippen LogP contribution in [0.5, 0.6) is 0 Å². The number of benzene rings is 1. The van der Waals surface area contributed by atoms with Gasteiger partial charge in [-0.1, -0.05) is 17.7 Å². The molecule has 0 radical (unpaired) electrons. The maximum absolute atomic E-state index is 12.8. The standard InChI is InChI=1S/C20H26N2O4S/c1-14-4-6-15(7-5-14)18(24)22-10-2-3-16(13-22)17(23)21-20(19(25)26)8-11-27-12-9-20/h4-7,16H,2-3,8-13H2,1H3,(H,21,23)(H,25,26). The van der Waals surface area contributed by atoms with Crippen LogP contribution in [0.15, 0.2) is 24.3 Å². The maximum Gasteiger partial charge on any atom is 0.329 e. The number of nitrogens with zero attached hydrogens (tertiary/aromatic N) is 1. The van der Waals surface area contributed by atoms with E-state index < -0.39 is 11.5 Å². The zero-order chi connectivity index (χ0) is 19.4. The third kappa shape index (κ3) is 4.46. The lowest BCUT2D eigenvalue weighted by Crippen LogP contribution is -2.59. The molecule has 0 spiro atoms. The number of carboxylic acids is 1. The molecule has 2 heterocycles. The molecular formula is C20H26N2O4S. The Hall–Kier alpha value is -2.02.